The molecule has 1 aromatic carbocycles. The van der Waals surface area contributed by atoms with Crippen molar-refractivity contribution in [1.29, 1.82) is 0 Å². The predicted molar refractivity (Wildman–Crippen MR) is 74.3 cm³/mol. The lowest BCUT2D eigenvalue weighted by Crippen LogP contribution is -2.13. The maximum absolute atomic E-state index is 12.8. The van der Waals surface area contributed by atoms with Gasteiger partial charge in [-0.3, -0.25) is 4.79 Å². The van der Waals surface area contributed by atoms with Gasteiger partial charge in [0.25, 0.3) is 0 Å². The number of hydrogen-bond acceptors (Lipinski definition) is 2. The Morgan fingerprint density at radius 1 is 1.33 bits per heavy atom. The van der Waals surface area contributed by atoms with Gasteiger partial charge in [-0.1, -0.05) is 22.6 Å². The Kier molecular flexibility index (Phi) is 3.81. The molecular weight excluding hydrogens is 378 g/mol. The van der Waals surface area contributed by atoms with E-state index in [9.17, 15) is 18.0 Å². The molecule has 0 aliphatic carbocycles. The van der Waals surface area contributed by atoms with Crippen LogP contribution in [0.1, 0.15) is 5.56 Å². The zero-order chi connectivity index (χ0) is 13.3. The lowest BCUT2D eigenvalue weighted by atomic mass is 10.1. The van der Waals surface area contributed by atoms with Crippen LogP contribution in [-0.2, 0) is 11.0 Å². The Morgan fingerprint density at radius 2 is 2.06 bits per heavy atom. The van der Waals surface area contributed by atoms with Crippen molar-refractivity contribution in [3.05, 3.63) is 29.1 Å². The van der Waals surface area contributed by atoms with Crippen LogP contribution in [0.4, 0.5) is 18.9 Å². The van der Waals surface area contributed by atoms with E-state index in [2.05, 4.69) is 5.32 Å². The monoisotopic (exact) mass is 385 g/mol. The standard InChI is InChI=1S/C11H7F3INOS/c12-11(13,14)7-1-2-8(16-9(17)5-15)6-3-4-18-10(6)7/h1-4H,5H2,(H,16,17). The molecule has 1 N–H and O–H groups in total. The molecule has 2 rings (SSSR count). The van der Waals surface area contributed by atoms with E-state index in [1.54, 1.807) is 11.4 Å². The minimum Gasteiger partial charge on any atom is -0.325 e. The molecule has 18 heavy (non-hydrogen) atoms. The van der Waals surface area contributed by atoms with E-state index in [4.69, 9.17) is 0 Å². The molecule has 1 aromatic heterocycles. The molecule has 0 spiro atoms. The van der Waals surface area contributed by atoms with Gasteiger partial charge in [0.2, 0.25) is 5.91 Å². The minimum absolute atomic E-state index is 0.147. The molecule has 0 bridgehead atoms. The van der Waals surface area contributed by atoms with Gasteiger partial charge >= 0.3 is 6.18 Å². The lowest BCUT2D eigenvalue weighted by molar-refractivity contribution is -0.136. The number of anilines is 1. The molecule has 96 valence electrons. The highest BCUT2D eigenvalue weighted by molar-refractivity contribution is 14.1. The number of thiophene rings is 1. The fourth-order valence-corrected chi connectivity index (χ4v) is 2.72. The first-order valence-electron chi connectivity index (χ1n) is 4.86. The van der Waals surface area contributed by atoms with Gasteiger partial charge in [-0.15, -0.1) is 11.3 Å². The first-order valence-corrected chi connectivity index (χ1v) is 7.27. The number of rotatable bonds is 2. The zero-order valence-electron chi connectivity index (χ0n) is 8.84. The quantitative estimate of drug-likeness (QED) is 0.607. The van der Waals surface area contributed by atoms with Crippen LogP contribution in [0.2, 0.25) is 0 Å². The second kappa shape index (κ2) is 5.04. The van der Waals surface area contributed by atoms with Crippen LogP contribution < -0.4 is 5.32 Å². The Morgan fingerprint density at radius 3 is 2.67 bits per heavy atom. The third kappa shape index (κ3) is 2.61. The molecule has 1 amide bonds. The topological polar surface area (TPSA) is 29.1 Å². The molecule has 0 saturated carbocycles. The Hall–Kier alpha value is -0.830. The summed E-state index contributed by atoms with van der Waals surface area (Å²) in [5, 5.41) is 4.60. The maximum atomic E-state index is 12.8. The number of nitrogens with one attached hydrogen (secondary N) is 1. The molecule has 0 fully saturated rings. The molecule has 7 heteroatoms. The van der Waals surface area contributed by atoms with Gasteiger partial charge in [-0.2, -0.15) is 13.2 Å². The van der Waals surface area contributed by atoms with Crippen molar-refractivity contribution in [2.45, 2.75) is 6.18 Å². The van der Waals surface area contributed by atoms with Crippen molar-refractivity contribution in [1.82, 2.24) is 0 Å². The SMILES string of the molecule is O=C(CI)Nc1ccc(C(F)(F)F)c2sccc12. The Bertz CT molecular complexity index is 593. The molecule has 2 nitrogen and oxygen atoms in total. The molecule has 0 unspecified atom stereocenters. The van der Waals surface area contributed by atoms with Crippen molar-refractivity contribution in [3.8, 4) is 0 Å². The number of benzene rings is 1. The summed E-state index contributed by atoms with van der Waals surface area (Å²) in [6, 6.07) is 3.88. The summed E-state index contributed by atoms with van der Waals surface area (Å²) in [6.07, 6.45) is -4.38. The van der Waals surface area contributed by atoms with Crippen LogP contribution in [0.3, 0.4) is 0 Å². The molecule has 0 atom stereocenters. The van der Waals surface area contributed by atoms with Crippen molar-refractivity contribution < 1.29 is 18.0 Å². The van der Waals surface area contributed by atoms with Crippen LogP contribution in [-0.4, -0.2) is 10.3 Å². The maximum Gasteiger partial charge on any atom is 0.417 e. The van der Waals surface area contributed by atoms with E-state index in [1.165, 1.54) is 6.07 Å². The Balaban J connectivity index is 2.54. The van der Waals surface area contributed by atoms with Crippen LogP contribution in [0.25, 0.3) is 10.1 Å². The number of alkyl halides is 4. The summed E-state index contributed by atoms with van der Waals surface area (Å²) in [5.41, 5.74) is -0.249. The average molecular weight is 385 g/mol. The zero-order valence-corrected chi connectivity index (χ0v) is 11.8. The summed E-state index contributed by atoms with van der Waals surface area (Å²) in [4.78, 5) is 11.3. The number of amides is 1. The van der Waals surface area contributed by atoms with Gasteiger partial charge in [-0.25, -0.2) is 0 Å². The number of hydrogen-bond donors (Lipinski definition) is 1. The van der Waals surface area contributed by atoms with Gasteiger partial charge in [-0.05, 0) is 23.6 Å². The summed E-state index contributed by atoms with van der Waals surface area (Å²) in [7, 11) is 0. The number of carbonyl (C=O) groups is 1. The molecule has 1 heterocycles. The highest BCUT2D eigenvalue weighted by atomic mass is 127. The van der Waals surface area contributed by atoms with Gasteiger partial charge < -0.3 is 5.32 Å². The smallest absolute Gasteiger partial charge is 0.325 e. The summed E-state index contributed by atoms with van der Waals surface area (Å²) in [6.45, 7) is 0. The average Bonchev–Trinajstić information content (AvgIpc) is 2.76. The first-order chi connectivity index (χ1) is 8.43. The number of halogens is 4. The highest BCUT2D eigenvalue weighted by Crippen LogP contribution is 2.40. The van der Waals surface area contributed by atoms with Gasteiger partial charge in [0, 0.05) is 15.8 Å². The van der Waals surface area contributed by atoms with E-state index in [0.29, 0.717) is 11.1 Å². The van der Waals surface area contributed by atoms with E-state index in [0.717, 1.165) is 17.4 Å². The largest absolute Gasteiger partial charge is 0.417 e. The van der Waals surface area contributed by atoms with E-state index < -0.39 is 11.7 Å². The van der Waals surface area contributed by atoms with Gasteiger partial charge in [0.05, 0.1) is 9.99 Å². The van der Waals surface area contributed by atoms with Crippen molar-refractivity contribution in [3.63, 3.8) is 0 Å². The fraction of sp³-hybridized carbons (Fsp3) is 0.182. The highest BCUT2D eigenvalue weighted by Gasteiger charge is 2.33. The van der Waals surface area contributed by atoms with E-state index in [-0.39, 0.29) is 15.0 Å². The van der Waals surface area contributed by atoms with Crippen LogP contribution in [0, 0.1) is 0 Å². The van der Waals surface area contributed by atoms with Crippen molar-refractivity contribution in [2.24, 2.45) is 0 Å². The molecule has 0 radical (unpaired) electrons. The van der Waals surface area contributed by atoms with Crippen LogP contribution in [0.5, 0.6) is 0 Å². The van der Waals surface area contributed by atoms with Crippen molar-refractivity contribution in [2.75, 3.05) is 9.74 Å². The fourth-order valence-electron chi connectivity index (χ4n) is 1.58. The predicted octanol–water partition coefficient (Wildman–Crippen LogP) is 4.29. The third-order valence-electron chi connectivity index (χ3n) is 2.32. The Labute approximate surface area is 118 Å². The first kappa shape index (κ1) is 13.6. The normalized spacial score (nSPS) is 11.8. The number of fused-ring (bicyclic) bond motifs is 1. The molecular formula is C11H7F3INOS. The molecule has 0 aliphatic rings. The van der Waals surface area contributed by atoms with E-state index in [1.807, 2.05) is 22.6 Å². The lowest BCUT2D eigenvalue weighted by Gasteiger charge is -2.11. The van der Waals surface area contributed by atoms with Gasteiger partial charge in [0.15, 0.2) is 0 Å². The third-order valence-corrected chi connectivity index (χ3v) is 3.96. The van der Waals surface area contributed by atoms with Crippen LogP contribution in [0.15, 0.2) is 23.6 Å². The molecule has 2 aromatic rings. The summed E-state index contributed by atoms with van der Waals surface area (Å²) >= 11 is 2.91. The van der Waals surface area contributed by atoms with E-state index >= 15 is 0 Å². The summed E-state index contributed by atoms with van der Waals surface area (Å²) < 4.78 is 38.7. The summed E-state index contributed by atoms with van der Waals surface area (Å²) in [5.74, 6) is -0.233. The molecule has 0 saturated heterocycles. The van der Waals surface area contributed by atoms with Crippen molar-refractivity contribution >= 4 is 55.6 Å². The minimum atomic E-state index is -4.38. The second-order valence-electron chi connectivity index (χ2n) is 3.50. The second-order valence-corrected chi connectivity index (χ2v) is 5.18. The van der Waals surface area contributed by atoms with Crippen LogP contribution >= 0.6 is 33.9 Å². The molecule has 0 aliphatic heterocycles. The van der Waals surface area contributed by atoms with Gasteiger partial charge in [0.1, 0.15) is 0 Å². The number of carbonyl (C=O) groups excluding carboxylic acids is 1.